The number of carbonyl (C=O) groups is 1. The van der Waals surface area contributed by atoms with Crippen LogP contribution in [-0.2, 0) is 0 Å². The van der Waals surface area contributed by atoms with E-state index in [1.54, 1.807) is 24.4 Å². The lowest BCUT2D eigenvalue weighted by atomic mass is 10.2. The summed E-state index contributed by atoms with van der Waals surface area (Å²) in [7, 11) is 0. The Morgan fingerprint density at radius 1 is 1.35 bits per heavy atom. The van der Waals surface area contributed by atoms with E-state index in [2.05, 4.69) is 15.3 Å². The van der Waals surface area contributed by atoms with Crippen molar-refractivity contribution in [1.82, 2.24) is 9.97 Å². The van der Waals surface area contributed by atoms with Crippen molar-refractivity contribution in [3.63, 3.8) is 0 Å². The van der Waals surface area contributed by atoms with Crippen molar-refractivity contribution in [1.29, 1.82) is 0 Å². The van der Waals surface area contributed by atoms with Crippen molar-refractivity contribution in [2.75, 3.05) is 5.32 Å². The summed E-state index contributed by atoms with van der Waals surface area (Å²) in [4.78, 5) is 19.9. The van der Waals surface area contributed by atoms with Crippen molar-refractivity contribution >= 4 is 23.2 Å². The number of rotatable bonds is 2. The Hall–Kier alpha value is -1.94. The van der Waals surface area contributed by atoms with Gasteiger partial charge in [-0.15, -0.1) is 0 Å². The molecule has 17 heavy (non-hydrogen) atoms. The molecule has 0 bridgehead atoms. The molecule has 0 saturated carbocycles. The highest BCUT2D eigenvalue weighted by Gasteiger charge is 2.11. The molecule has 0 aliphatic carbocycles. The Labute approximate surface area is 104 Å². The standard InChI is InChI=1S/C12H10ClN3O/c1-8-11(3-2-5-15-8)16-12(17)9-7-14-6-4-10(9)13/h2-7H,1H3,(H,16,17). The minimum atomic E-state index is -0.292. The molecule has 86 valence electrons. The predicted molar refractivity (Wildman–Crippen MR) is 66.2 cm³/mol. The predicted octanol–water partition coefficient (Wildman–Crippen LogP) is 2.69. The summed E-state index contributed by atoms with van der Waals surface area (Å²) in [6.07, 6.45) is 4.64. The molecule has 4 nitrogen and oxygen atoms in total. The molecule has 0 radical (unpaired) electrons. The molecule has 0 unspecified atom stereocenters. The lowest BCUT2D eigenvalue weighted by Crippen LogP contribution is -2.13. The minimum absolute atomic E-state index is 0.292. The van der Waals surface area contributed by atoms with Gasteiger partial charge in [0.2, 0.25) is 0 Å². The summed E-state index contributed by atoms with van der Waals surface area (Å²) in [5.41, 5.74) is 1.76. The maximum atomic E-state index is 11.9. The summed E-state index contributed by atoms with van der Waals surface area (Å²) in [6, 6.07) is 5.12. The molecule has 2 aromatic rings. The number of hydrogen-bond acceptors (Lipinski definition) is 3. The Morgan fingerprint density at radius 3 is 2.88 bits per heavy atom. The molecular formula is C12H10ClN3O. The molecular weight excluding hydrogens is 238 g/mol. The zero-order valence-corrected chi connectivity index (χ0v) is 9.90. The average molecular weight is 248 g/mol. The van der Waals surface area contributed by atoms with E-state index in [4.69, 9.17) is 11.6 Å². The number of nitrogens with zero attached hydrogens (tertiary/aromatic N) is 2. The van der Waals surface area contributed by atoms with Crippen LogP contribution >= 0.6 is 11.6 Å². The van der Waals surface area contributed by atoms with Crippen molar-refractivity contribution < 1.29 is 4.79 Å². The van der Waals surface area contributed by atoms with Crippen LogP contribution in [0.1, 0.15) is 16.1 Å². The van der Waals surface area contributed by atoms with Gasteiger partial charge < -0.3 is 5.32 Å². The molecule has 2 heterocycles. The fourth-order valence-corrected chi connectivity index (χ4v) is 1.54. The highest BCUT2D eigenvalue weighted by Crippen LogP contribution is 2.17. The Balaban J connectivity index is 2.24. The first kappa shape index (κ1) is 11.5. The monoisotopic (exact) mass is 247 g/mol. The number of aryl methyl sites for hydroxylation is 1. The lowest BCUT2D eigenvalue weighted by molar-refractivity contribution is 0.102. The summed E-state index contributed by atoms with van der Waals surface area (Å²) >= 11 is 5.91. The third-order valence-corrected chi connectivity index (χ3v) is 2.60. The smallest absolute Gasteiger partial charge is 0.258 e. The van der Waals surface area contributed by atoms with Crippen molar-refractivity contribution in [2.45, 2.75) is 6.92 Å². The molecule has 5 heteroatoms. The Kier molecular flexibility index (Phi) is 3.35. The van der Waals surface area contributed by atoms with E-state index in [0.29, 0.717) is 16.3 Å². The first-order valence-electron chi connectivity index (χ1n) is 5.01. The molecule has 0 fully saturated rings. The molecule has 2 aromatic heterocycles. The molecule has 0 aliphatic rings. The van der Waals surface area contributed by atoms with Crippen LogP contribution in [0.4, 0.5) is 5.69 Å². The van der Waals surface area contributed by atoms with Crippen molar-refractivity contribution in [2.24, 2.45) is 0 Å². The van der Waals surface area contributed by atoms with Gasteiger partial charge in [-0.05, 0) is 25.1 Å². The molecule has 0 spiro atoms. The molecule has 0 aromatic carbocycles. The molecule has 1 amide bonds. The molecule has 2 rings (SSSR count). The van der Waals surface area contributed by atoms with Crippen molar-refractivity contribution in [3.8, 4) is 0 Å². The zero-order chi connectivity index (χ0) is 12.3. The van der Waals surface area contributed by atoms with Gasteiger partial charge in [-0.3, -0.25) is 14.8 Å². The molecule has 0 atom stereocenters. The minimum Gasteiger partial charge on any atom is -0.320 e. The van der Waals surface area contributed by atoms with Gasteiger partial charge in [-0.1, -0.05) is 11.6 Å². The lowest BCUT2D eigenvalue weighted by Gasteiger charge is -2.07. The fourth-order valence-electron chi connectivity index (χ4n) is 1.35. The number of hydrogen-bond donors (Lipinski definition) is 1. The maximum Gasteiger partial charge on any atom is 0.258 e. The van der Waals surface area contributed by atoms with Crippen LogP contribution in [0.2, 0.25) is 5.02 Å². The normalized spacial score (nSPS) is 10.0. The van der Waals surface area contributed by atoms with E-state index in [1.165, 1.54) is 12.4 Å². The van der Waals surface area contributed by atoms with Crippen LogP contribution in [-0.4, -0.2) is 15.9 Å². The molecule has 1 N–H and O–H groups in total. The van der Waals surface area contributed by atoms with Crippen LogP contribution in [0, 0.1) is 6.92 Å². The fraction of sp³-hybridized carbons (Fsp3) is 0.0833. The number of nitrogens with one attached hydrogen (secondary N) is 1. The first-order valence-corrected chi connectivity index (χ1v) is 5.39. The van der Waals surface area contributed by atoms with Crippen LogP contribution < -0.4 is 5.32 Å². The Morgan fingerprint density at radius 2 is 2.18 bits per heavy atom. The van der Waals surface area contributed by atoms with Gasteiger partial charge >= 0.3 is 0 Å². The second kappa shape index (κ2) is 4.93. The third-order valence-electron chi connectivity index (χ3n) is 2.27. The average Bonchev–Trinajstić information content (AvgIpc) is 2.32. The zero-order valence-electron chi connectivity index (χ0n) is 9.14. The molecule has 0 saturated heterocycles. The van der Waals surface area contributed by atoms with E-state index in [1.807, 2.05) is 6.92 Å². The van der Waals surface area contributed by atoms with Gasteiger partial charge in [0.15, 0.2) is 0 Å². The SMILES string of the molecule is Cc1ncccc1NC(=O)c1cnccc1Cl. The number of pyridine rings is 2. The van der Waals surface area contributed by atoms with Gasteiger partial charge in [0, 0.05) is 18.6 Å². The largest absolute Gasteiger partial charge is 0.320 e. The first-order chi connectivity index (χ1) is 8.18. The van der Waals surface area contributed by atoms with Gasteiger partial charge in [-0.25, -0.2) is 0 Å². The topological polar surface area (TPSA) is 54.9 Å². The molecule has 0 aliphatic heterocycles. The van der Waals surface area contributed by atoms with E-state index in [9.17, 15) is 4.79 Å². The van der Waals surface area contributed by atoms with E-state index in [0.717, 1.165) is 5.69 Å². The maximum absolute atomic E-state index is 11.9. The highest BCUT2D eigenvalue weighted by atomic mass is 35.5. The number of amides is 1. The van der Waals surface area contributed by atoms with E-state index >= 15 is 0 Å². The second-order valence-electron chi connectivity index (χ2n) is 3.45. The van der Waals surface area contributed by atoms with Gasteiger partial charge in [0.1, 0.15) is 0 Å². The summed E-state index contributed by atoms with van der Waals surface area (Å²) in [6.45, 7) is 1.82. The Bertz CT molecular complexity index is 557. The van der Waals surface area contributed by atoms with Gasteiger partial charge in [0.25, 0.3) is 5.91 Å². The van der Waals surface area contributed by atoms with Gasteiger partial charge in [-0.2, -0.15) is 0 Å². The van der Waals surface area contributed by atoms with Gasteiger partial charge in [0.05, 0.1) is 22.0 Å². The van der Waals surface area contributed by atoms with Crippen LogP contribution in [0.15, 0.2) is 36.8 Å². The van der Waals surface area contributed by atoms with Crippen LogP contribution in [0.25, 0.3) is 0 Å². The quantitative estimate of drug-likeness (QED) is 0.888. The van der Waals surface area contributed by atoms with Crippen LogP contribution in [0.5, 0.6) is 0 Å². The van der Waals surface area contributed by atoms with Crippen LogP contribution in [0.3, 0.4) is 0 Å². The second-order valence-corrected chi connectivity index (χ2v) is 3.85. The number of carbonyl (C=O) groups excluding carboxylic acids is 1. The summed E-state index contributed by atoms with van der Waals surface area (Å²) < 4.78 is 0. The van der Waals surface area contributed by atoms with E-state index in [-0.39, 0.29) is 5.91 Å². The number of aromatic nitrogens is 2. The third kappa shape index (κ3) is 2.60. The van der Waals surface area contributed by atoms with Crippen molar-refractivity contribution in [3.05, 3.63) is 53.1 Å². The summed E-state index contributed by atoms with van der Waals surface area (Å²) in [5, 5.41) is 3.12. The number of halogens is 1. The highest BCUT2D eigenvalue weighted by molar-refractivity contribution is 6.34. The number of anilines is 1. The van der Waals surface area contributed by atoms with E-state index < -0.39 is 0 Å². The summed E-state index contributed by atoms with van der Waals surface area (Å²) in [5.74, 6) is -0.292.